The molecule has 0 fully saturated rings. The van der Waals surface area contributed by atoms with Crippen LogP contribution in [0.15, 0.2) is 170 Å². The van der Waals surface area contributed by atoms with Crippen LogP contribution in [0.1, 0.15) is 222 Å². The van der Waals surface area contributed by atoms with E-state index in [0.717, 1.165) is 127 Å². The molecule has 0 atom stereocenters. The van der Waals surface area contributed by atoms with Gasteiger partial charge in [0.15, 0.2) is 48.1 Å². The molecular weight excluding hydrogens is 1570 g/mol. The molecule has 0 bridgehead atoms. The lowest BCUT2D eigenvalue weighted by molar-refractivity contribution is -0.659. The number of nitrogens with zero attached hydrogens (tertiary/aromatic N) is 16. The lowest BCUT2D eigenvalue weighted by Gasteiger charge is -2.23. The number of aryl methyl sites for hydroxylation is 14. The minimum atomic E-state index is -0.166. The summed E-state index contributed by atoms with van der Waals surface area (Å²) in [7, 11) is 8.48. The molecular formula is C112H132N16+4. The molecule has 0 N–H and O–H groups in total. The van der Waals surface area contributed by atoms with Crippen molar-refractivity contribution in [1.29, 1.82) is 0 Å². The minimum absolute atomic E-state index is 0.166. The molecule has 128 heavy (non-hydrogen) atoms. The Morgan fingerprint density at radius 2 is 0.523 bits per heavy atom. The first-order valence-electron chi connectivity index (χ1n) is 45.4. The van der Waals surface area contributed by atoms with Crippen molar-refractivity contribution in [3.63, 3.8) is 0 Å². The van der Waals surface area contributed by atoms with Crippen molar-refractivity contribution in [1.82, 2.24) is 59.8 Å². The summed E-state index contributed by atoms with van der Waals surface area (Å²) in [5, 5.41) is 9.33. The highest BCUT2D eigenvalue weighted by Crippen LogP contribution is 2.39. The number of rotatable bonds is 14. The topological polar surface area (TPSA) is 170 Å². The normalized spacial score (nSPS) is 11.8. The number of hydrogen-bond acceptors (Lipinski definition) is 12. The molecule has 16 nitrogen and oxygen atoms in total. The van der Waals surface area contributed by atoms with E-state index in [9.17, 15) is 0 Å². The predicted octanol–water partition coefficient (Wildman–Crippen LogP) is 24.3. The van der Waals surface area contributed by atoms with Crippen LogP contribution in [-0.2, 0) is 51.9 Å². The van der Waals surface area contributed by atoms with Gasteiger partial charge in [-0.05, 0) is 199 Å². The van der Waals surface area contributed by atoms with E-state index in [-0.39, 0.29) is 22.7 Å². The van der Waals surface area contributed by atoms with E-state index in [1.807, 2.05) is 13.8 Å². The fourth-order valence-corrected chi connectivity index (χ4v) is 17.0. The molecule has 16 heteroatoms. The van der Waals surface area contributed by atoms with Crippen molar-refractivity contribution in [2.45, 2.75) is 229 Å². The van der Waals surface area contributed by atoms with Gasteiger partial charge < -0.3 is 0 Å². The Morgan fingerprint density at radius 1 is 0.266 bits per heavy atom. The highest BCUT2D eigenvalue weighted by atomic mass is 15.1. The van der Waals surface area contributed by atoms with Crippen LogP contribution in [0.2, 0.25) is 0 Å². The molecule has 0 aliphatic carbocycles. The quantitative estimate of drug-likeness (QED) is 0.0946. The van der Waals surface area contributed by atoms with E-state index >= 15 is 0 Å². The number of hydrogen-bond donors (Lipinski definition) is 0. The number of aromatic nitrogens is 16. The van der Waals surface area contributed by atoms with Crippen LogP contribution in [0.4, 0.5) is 0 Å². The molecule has 8 heterocycles. The molecule has 8 aromatic carbocycles. The van der Waals surface area contributed by atoms with E-state index in [4.69, 9.17) is 44.9 Å². The second-order valence-electron chi connectivity index (χ2n) is 39.3. The number of benzene rings is 8. The second kappa shape index (κ2) is 37.8. The zero-order valence-corrected chi connectivity index (χ0v) is 82.0. The zero-order valence-electron chi connectivity index (χ0n) is 82.0. The van der Waals surface area contributed by atoms with Crippen molar-refractivity contribution >= 4 is 43.1 Å². The Kier molecular flexibility index (Phi) is 27.5. The van der Waals surface area contributed by atoms with Gasteiger partial charge in [0.2, 0.25) is 22.8 Å². The lowest BCUT2D eigenvalue weighted by atomic mass is 9.92. The average Bonchev–Trinajstić information content (AvgIpc) is 0.773. The van der Waals surface area contributed by atoms with Gasteiger partial charge in [0.25, 0.3) is 0 Å². The van der Waals surface area contributed by atoms with Gasteiger partial charge in [0.1, 0.15) is 74.8 Å². The highest BCUT2D eigenvalue weighted by Gasteiger charge is 2.30. The maximum Gasteiger partial charge on any atom is 0.213 e. The molecule has 8 aromatic heterocycles. The fraction of sp³-hybridized carbons (Fsp3) is 0.357. The van der Waals surface area contributed by atoms with Gasteiger partial charge in [0.05, 0.1) is 21.5 Å². The van der Waals surface area contributed by atoms with Gasteiger partial charge in [-0.15, -0.1) is 0 Å². The van der Waals surface area contributed by atoms with E-state index in [1.54, 1.807) is 0 Å². The molecule has 656 valence electrons. The lowest BCUT2D eigenvalue weighted by Crippen LogP contribution is -2.31. The molecule has 16 rings (SSSR count). The fourth-order valence-electron chi connectivity index (χ4n) is 17.0. The Hall–Kier alpha value is -12.6. The van der Waals surface area contributed by atoms with Crippen LogP contribution < -0.4 is 18.3 Å². The Labute approximate surface area is 760 Å². The number of fused-ring (bicyclic) bond motifs is 4. The van der Waals surface area contributed by atoms with Crippen LogP contribution in [-0.4, -0.2) is 59.8 Å². The molecule has 0 amide bonds. The Morgan fingerprint density at radius 3 is 0.781 bits per heavy atom. The van der Waals surface area contributed by atoms with Crippen LogP contribution >= 0.6 is 0 Å². The van der Waals surface area contributed by atoms with Gasteiger partial charge >= 0.3 is 0 Å². The maximum absolute atomic E-state index is 4.95. The van der Waals surface area contributed by atoms with E-state index in [1.165, 1.54) is 133 Å². The van der Waals surface area contributed by atoms with Crippen LogP contribution in [0.25, 0.3) is 134 Å². The molecule has 0 saturated carbocycles. The van der Waals surface area contributed by atoms with Crippen LogP contribution in [0.3, 0.4) is 0 Å². The molecule has 0 aliphatic heterocycles. The largest absolute Gasteiger partial charge is 0.219 e. The first-order valence-corrected chi connectivity index (χ1v) is 45.4. The average molecular weight is 1700 g/mol. The third kappa shape index (κ3) is 20.7. The van der Waals surface area contributed by atoms with Crippen molar-refractivity contribution in [2.24, 2.45) is 40.0 Å². The molecule has 0 saturated heterocycles. The Balaban J connectivity index is 0.000000146. The van der Waals surface area contributed by atoms with Gasteiger partial charge in [0, 0.05) is 104 Å². The SMILES string of the molecule is Cc1cc(C)c(C)c(-c2cc3cccc(-c4nc(C(C)(C)C)nc(C(C)(C)C)n4)c3c[n+]2C)c1.Cc1cc(C)c(C)c(-c2cc3cccc(-c4nc(C(C)C)nc(C(C)C)n4)c3c[n+]2C)c1.Cc1cc(C)c(C)c(-c2cc3cccc(-c4nc(C)nc(C)n4)c3c[n+]2C)c1.Cc1cc(C)c(C)c(-c2cc3cccc(-c4nc(CC(C)C)nc(CC(C)C)n4)c3c[n+]2C)c1. The second-order valence-corrected chi connectivity index (χ2v) is 39.3. The first kappa shape index (κ1) is 93.1. The van der Waals surface area contributed by atoms with Crippen LogP contribution in [0.5, 0.6) is 0 Å². The van der Waals surface area contributed by atoms with Crippen LogP contribution in [0, 0.1) is 109 Å². The van der Waals surface area contributed by atoms with E-state index in [2.05, 4.69) is 412 Å². The third-order valence-electron chi connectivity index (χ3n) is 24.3. The molecule has 0 radical (unpaired) electrons. The standard InChI is InChI=1S/2C30H37N4.C28H33N4.C24H25N4/c1-18-14-19(2)20(3)23(15-18)25-16-21-12-11-13-22(24(21)17-34(25)10)26-31-27(29(4,5)6)33-28(32-26)30(7,8)9;1-18(2)12-28-31-29(13-19(3)4)33-30(32-28)24-11-9-10-23-16-27(34(8)17-26(23)24)25-15-20(5)14-21(6)22(25)7;1-16(2)26-29-27(17(3)4)31-28(30-26)22-11-9-10-21-14-25(32(8)15-24(21)22)23-13-18(5)12-19(6)20(23)7;1-14-10-15(2)16(3)21(11-14)23-12-19-8-7-9-20(22(19)13-28(23)6)24-26-17(4)25-18(5)27-24/h11-17H,1-10H3;9-11,14-19H,12-13H2,1-8H3;9-17H,1-8H3;7-13H,1-6H3/q4*+1. The summed E-state index contributed by atoms with van der Waals surface area (Å²) in [6, 6.07) is 52.8. The third-order valence-corrected chi connectivity index (χ3v) is 24.3. The zero-order chi connectivity index (χ0) is 92.7. The van der Waals surface area contributed by atoms with E-state index < -0.39 is 0 Å². The molecule has 0 spiro atoms. The summed E-state index contributed by atoms with van der Waals surface area (Å²) in [6.07, 6.45) is 10.6. The van der Waals surface area contributed by atoms with Gasteiger partial charge in [-0.1, -0.05) is 216 Å². The molecule has 0 unspecified atom stereocenters. The predicted molar refractivity (Wildman–Crippen MR) is 527 cm³/mol. The van der Waals surface area contributed by atoms with E-state index in [0.29, 0.717) is 11.8 Å². The van der Waals surface area contributed by atoms with Gasteiger partial charge in [-0.3, -0.25) is 0 Å². The van der Waals surface area contributed by atoms with Gasteiger partial charge in [-0.25, -0.2) is 78.1 Å². The first-order chi connectivity index (χ1) is 60.3. The summed E-state index contributed by atoms with van der Waals surface area (Å²) in [4.78, 5) is 57.2. The van der Waals surface area contributed by atoms with Crippen molar-refractivity contribution in [3.8, 4) is 90.6 Å². The summed E-state index contributed by atoms with van der Waals surface area (Å²) in [5.74, 6) is 11.1. The summed E-state index contributed by atoms with van der Waals surface area (Å²) in [5.41, 5.74) is 29.5. The minimum Gasteiger partial charge on any atom is -0.219 e. The summed E-state index contributed by atoms with van der Waals surface area (Å²) >= 11 is 0. The number of pyridine rings is 4. The van der Waals surface area contributed by atoms with Crippen molar-refractivity contribution in [3.05, 3.63) is 284 Å². The smallest absolute Gasteiger partial charge is 0.213 e. The van der Waals surface area contributed by atoms with Crippen molar-refractivity contribution in [2.75, 3.05) is 0 Å². The summed E-state index contributed by atoms with van der Waals surface area (Å²) < 4.78 is 8.89. The summed E-state index contributed by atoms with van der Waals surface area (Å²) in [6.45, 7) is 60.3. The van der Waals surface area contributed by atoms with Crippen molar-refractivity contribution < 1.29 is 18.3 Å². The monoisotopic (exact) mass is 1700 g/mol. The van der Waals surface area contributed by atoms with Gasteiger partial charge in [-0.2, -0.15) is 0 Å². The molecule has 16 aromatic rings. The maximum atomic E-state index is 4.95. The molecule has 0 aliphatic rings. The highest BCUT2D eigenvalue weighted by molar-refractivity contribution is 5.99. The Bertz CT molecular complexity index is 6850.